The van der Waals surface area contributed by atoms with Crippen LogP contribution in [0.15, 0.2) is 40.4 Å². The number of aromatic nitrogens is 7. The normalized spacial score (nSPS) is 10.9. The molecule has 3 N–H and O–H groups in total. The molecule has 0 unspecified atom stereocenters. The Morgan fingerprint density at radius 1 is 1.09 bits per heavy atom. The summed E-state index contributed by atoms with van der Waals surface area (Å²) in [5, 5.41) is 12.5. The van der Waals surface area contributed by atoms with E-state index in [1.165, 1.54) is 16.7 Å². The standard InChI is InChI=1S/C8H12N2OS.C7H11N3O2.C6H11N3/c1-8(2,3)10-5-4-6(11)9-7(10)12;1-5(2)10-4-3-6(9-12)8-7(10)11;1-5(2)9-4-7-6(3)8-9/h4-5H,1-3H3,(H,9,11,12);3-5,12H,1-2H3,(H,8,9,11);4-5H,1-3H3. The van der Waals surface area contributed by atoms with Crippen LogP contribution >= 0.6 is 12.2 Å². The number of hydrogen-bond donors (Lipinski definition) is 3. The number of aryl methyl sites for hydroxylation is 1. The van der Waals surface area contributed by atoms with Crippen molar-refractivity contribution in [3.63, 3.8) is 0 Å². The summed E-state index contributed by atoms with van der Waals surface area (Å²) in [5.74, 6) is 1.00. The summed E-state index contributed by atoms with van der Waals surface area (Å²) >= 11 is 5.00. The van der Waals surface area contributed by atoms with Gasteiger partial charge in [-0.15, -0.1) is 0 Å². The number of nitrogens with zero attached hydrogens (tertiary/aromatic N) is 6. The third-order valence-corrected chi connectivity index (χ3v) is 4.50. The van der Waals surface area contributed by atoms with Crippen LogP contribution in [-0.2, 0) is 5.54 Å². The zero-order chi connectivity index (χ0) is 25.3. The van der Waals surface area contributed by atoms with Crippen LogP contribution in [0.5, 0.6) is 0 Å². The molecule has 0 saturated heterocycles. The maximum Gasteiger partial charge on any atom is 0.349 e. The first-order valence-corrected chi connectivity index (χ1v) is 10.9. The second-order valence-corrected chi connectivity index (χ2v) is 9.11. The van der Waals surface area contributed by atoms with Gasteiger partial charge in [0, 0.05) is 36.1 Å². The average Bonchev–Trinajstić information content (AvgIpc) is 3.14. The number of anilines is 1. The quantitative estimate of drug-likeness (QED) is 0.385. The van der Waals surface area contributed by atoms with Gasteiger partial charge < -0.3 is 4.57 Å². The lowest BCUT2D eigenvalue weighted by Gasteiger charge is -2.22. The molecule has 182 valence electrons. The Morgan fingerprint density at radius 2 is 1.73 bits per heavy atom. The van der Waals surface area contributed by atoms with Crippen molar-refractivity contribution in [2.24, 2.45) is 0 Å². The van der Waals surface area contributed by atoms with Crippen molar-refractivity contribution in [3.8, 4) is 0 Å². The van der Waals surface area contributed by atoms with E-state index in [0.29, 0.717) is 10.8 Å². The highest BCUT2D eigenvalue weighted by molar-refractivity contribution is 7.71. The zero-order valence-electron chi connectivity index (χ0n) is 20.4. The number of hydrogen-bond acceptors (Lipinski definition) is 8. The Hall–Kier alpha value is -3.12. The molecule has 0 radical (unpaired) electrons. The molecule has 3 aromatic heterocycles. The van der Waals surface area contributed by atoms with Gasteiger partial charge in [-0.3, -0.25) is 29.7 Å². The molecule has 0 aliphatic heterocycles. The average molecular weight is 479 g/mol. The van der Waals surface area contributed by atoms with E-state index < -0.39 is 0 Å². The molecule has 3 rings (SSSR count). The van der Waals surface area contributed by atoms with Gasteiger partial charge in [0.2, 0.25) is 0 Å². The molecule has 0 aliphatic carbocycles. The van der Waals surface area contributed by atoms with Crippen LogP contribution in [0.25, 0.3) is 0 Å². The van der Waals surface area contributed by atoms with E-state index in [1.54, 1.807) is 18.7 Å². The first-order valence-electron chi connectivity index (χ1n) is 10.5. The number of rotatable bonds is 3. The van der Waals surface area contributed by atoms with Crippen LogP contribution < -0.4 is 16.7 Å². The molecule has 0 amide bonds. The molecule has 3 heterocycles. The van der Waals surface area contributed by atoms with Gasteiger partial charge in [-0.1, -0.05) is 0 Å². The van der Waals surface area contributed by atoms with Gasteiger partial charge in [-0.05, 0) is 73.7 Å². The highest BCUT2D eigenvalue weighted by Gasteiger charge is 2.11. The minimum atomic E-state index is -0.371. The molecule has 0 fully saturated rings. The van der Waals surface area contributed by atoms with Gasteiger partial charge in [-0.25, -0.2) is 9.78 Å². The smallest absolute Gasteiger partial charge is 0.320 e. The summed E-state index contributed by atoms with van der Waals surface area (Å²) in [7, 11) is 0. The maximum absolute atomic E-state index is 11.1. The summed E-state index contributed by atoms with van der Waals surface area (Å²) < 4.78 is 5.63. The second-order valence-electron chi connectivity index (χ2n) is 8.72. The number of aromatic amines is 1. The van der Waals surface area contributed by atoms with Crippen molar-refractivity contribution in [2.45, 2.75) is 73.0 Å². The number of H-pyrrole nitrogens is 1. The lowest BCUT2D eigenvalue weighted by Crippen LogP contribution is -2.25. The van der Waals surface area contributed by atoms with E-state index in [-0.39, 0.29) is 28.6 Å². The Labute approximate surface area is 198 Å². The highest BCUT2D eigenvalue weighted by atomic mass is 32.1. The third kappa shape index (κ3) is 9.10. The zero-order valence-corrected chi connectivity index (χ0v) is 21.2. The summed E-state index contributed by atoms with van der Waals surface area (Å²) in [6, 6.07) is 3.51. The van der Waals surface area contributed by atoms with Crippen LogP contribution in [0.4, 0.5) is 5.82 Å². The molecule has 0 spiro atoms. The van der Waals surface area contributed by atoms with Gasteiger partial charge in [0.15, 0.2) is 10.6 Å². The molecule has 0 aliphatic rings. The van der Waals surface area contributed by atoms with Crippen LogP contribution in [0.1, 0.15) is 66.4 Å². The third-order valence-electron chi connectivity index (χ3n) is 4.20. The van der Waals surface area contributed by atoms with Gasteiger partial charge in [0.25, 0.3) is 5.56 Å². The van der Waals surface area contributed by atoms with E-state index in [2.05, 4.69) is 33.9 Å². The van der Waals surface area contributed by atoms with Crippen LogP contribution in [0, 0.1) is 11.7 Å². The van der Waals surface area contributed by atoms with Crippen LogP contribution in [-0.4, -0.2) is 39.1 Å². The van der Waals surface area contributed by atoms with E-state index >= 15 is 0 Å². The van der Waals surface area contributed by atoms with Crippen molar-refractivity contribution in [1.29, 1.82) is 0 Å². The van der Waals surface area contributed by atoms with Crippen LogP contribution in [0.3, 0.4) is 0 Å². The Bertz CT molecular complexity index is 1190. The fraction of sp³-hybridized carbons (Fsp3) is 0.524. The molecule has 0 aromatic carbocycles. The second kappa shape index (κ2) is 12.2. The maximum atomic E-state index is 11.1. The molecule has 0 atom stereocenters. The predicted octanol–water partition coefficient (Wildman–Crippen LogP) is 3.45. The van der Waals surface area contributed by atoms with Crippen molar-refractivity contribution in [3.05, 3.63) is 62.3 Å². The molecule has 12 heteroatoms. The Balaban J connectivity index is 0.000000250. The molecule has 33 heavy (non-hydrogen) atoms. The van der Waals surface area contributed by atoms with E-state index in [1.807, 2.05) is 56.3 Å². The molecule has 11 nitrogen and oxygen atoms in total. The summed E-state index contributed by atoms with van der Waals surface area (Å²) in [6.07, 6.45) is 5.04. The van der Waals surface area contributed by atoms with Gasteiger partial charge >= 0.3 is 5.69 Å². The lowest BCUT2D eigenvalue weighted by molar-refractivity contribution is 0.383. The number of nitrogens with one attached hydrogen (secondary N) is 2. The Kier molecular flexibility index (Phi) is 10.3. The van der Waals surface area contributed by atoms with Crippen molar-refractivity contribution in [2.75, 3.05) is 5.48 Å². The summed E-state index contributed by atoms with van der Waals surface area (Å²) in [4.78, 5) is 32.1. The molecule has 0 saturated carbocycles. The SMILES string of the molecule is CC(C)(C)n1ccc(=O)[nH]c1=S.CC(C)n1ccc(NO)nc1=O.Cc1ncn(C(C)C)n1. The topological polar surface area (TPSA) is 136 Å². The summed E-state index contributed by atoms with van der Waals surface area (Å²) in [5.41, 5.74) is 1.20. The molecular formula is C21H34N8O3S. The lowest BCUT2D eigenvalue weighted by atomic mass is 10.1. The Morgan fingerprint density at radius 3 is 2.09 bits per heavy atom. The monoisotopic (exact) mass is 478 g/mol. The van der Waals surface area contributed by atoms with E-state index in [0.717, 1.165) is 5.82 Å². The van der Waals surface area contributed by atoms with Crippen LogP contribution in [0.2, 0.25) is 0 Å². The van der Waals surface area contributed by atoms with Gasteiger partial charge in [0.05, 0.1) is 0 Å². The van der Waals surface area contributed by atoms with Crippen molar-refractivity contribution in [1.82, 2.24) is 33.9 Å². The largest absolute Gasteiger partial charge is 0.349 e. The fourth-order valence-electron chi connectivity index (χ4n) is 2.42. The minimum absolute atomic E-state index is 0.0812. The first-order chi connectivity index (χ1) is 15.3. The molecule has 3 aromatic rings. The first kappa shape index (κ1) is 27.9. The van der Waals surface area contributed by atoms with E-state index in [4.69, 9.17) is 17.4 Å². The van der Waals surface area contributed by atoms with Crippen molar-refractivity contribution >= 4 is 18.0 Å². The van der Waals surface area contributed by atoms with Gasteiger partial charge in [0.1, 0.15) is 12.2 Å². The summed E-state index contributed by atoms with van der Waals surface area (Å²) in [6.45, 7) is 15.9. The van der Waals surface area contributed by atoms with Crippen molar-refractivity contribution < 1.29 is 5.21 Å². The minimum Gasteiger partial charge on any atom is -0.320 e. The van der Waals surface area contributed by atoms with E-state index in [9.17, 15) is 9.59 Å². The molecular weight excluding hydrogens is 444 g/mol. The highest BCUT2D eigenvalue weighted by Crippen LogP contribution is 2.11. The van der Waals surface area contributed by atoms with Gasteiger partial charge in [-0.2, -0.15) is 10.1 Å². The fourth-order valence-corrected chi connectivity index (χ4v) is 2.86. The molecule has 0 bridgehead atoms. The predicted molar refractivity (Wildman–Crippen MR) is 130 cm³/mol.